The van der Waals surface area contributed by atoms with Gasteiger partial charge in [-0.15, -0.1) is 0 Å². The van der Waals surface area contributed by atoms with E-state index in [0.29, 0.717) is 44.5 Å². The molecule has 0 fully saturated rings. The Hall–Kier alpha value is -5.29. The number of nitrogens with zero attached hydrogens (tertiary/aromatic N) is 3. The Bertz CT molecular complexity index is 1990. The second-order valence-electron chi connectivity index (χ2n) is 12.1. The summed E-state index contributed by atoms with van der Waals surface area (Å²) >= 11 is 0. The Labute approximate surface area is 286 Å². The maximum absolute atomic E-state index is 12.7. The van der Waals surface area contributed by atoms with Gasteiger partial charge in [-0.2, -0.15) is 0 Å². The molecule has 4 aromatic carbocycles. The van der Waals surface area contributed by atoms with E-state index in [2.05, 4.69) is 39.9 Å². The smallest absolute Gasteiger partial charge is 0.326 e. The molecule has 7 N–H and O–H groups in total. The third kappa shape index (κ3) is 8.99. The number of aryl methyl sites for hydroxylation is 2. The van der Waals surface area contributed by atoms with Gasteiger partial charge in [-0.25, -0.2) is 9.78 Å². The number of amides is 1. The molecule has 0 bridgehead atoms. The highest BCUT2D eigenvalue weighted by atomic mass is 16.4. The van der Waals surface area contributed by atoms with Crippen LogP contribution in [-0.4, -0.2) is 43.7 Å². The van der Waals surface area contributed by atoms with Gasteiger partial charge < -0.3 is 36.3 Å². The number of hydrogen-bond acceptors (Lipinski definition) is 6. The molecule has 0 aliphatic heterocycles. The van der Waals surface area contributed by atoms with E-state index in [-0.39, 0.29) is 6.04 Å². The van der Waals surface area contributed by atoms with Crippen molar-refractivity contribution in [1.29, 1.82) is 0 Å². The van der Waals surface area contributed by atoms with Gasteiger partial charge in [0.2, 0.25) is 0 Å². The molecular weight excluding hydrogens is 614 g/mol. The van der Waals surface area contributed by atoms with Gasteiger partial charge in [0.05, 0.1) is 11.0 Å². The molecule has 0 spiro atoms. The monoisotopic (exact) mass is 659 g/mol. The van der Waals surface area contributed by atoms with Crippen LogP contribution in [0.3, 0.4) is 0 Å². The second-order valence-corrected chi connectivity index (χ2v) is 12.1. The molecule has 0 radical (unpaired) electrons. The molecule has 2 heterocycles. The zero-order valence-corrected chi connectivity index (χ0v) is 28.0. The second kappa shape index (κ2) is 16.7. The Morgan fingerprint density at radius 2 is 1.63 bits per heavy atom. The van der Waals surface area contributed by atoms with E-state index in [4.69, 9.17) is 11.5 Å². The fourth-order valence-corrected chi connectivity index (χ4v) is 5.87. The van der Waals surface area contributed by atoms with Crippen LogP contribution in [0.4, 0.5) is 0 Å². The number of para-hydroxylation sites is 2. The topological polar surface area (TPSA) is 153 Å². The number of carboxylic acids is 1. The standard InChI is InChI=1S/C28H34N6O3.C11H11N/c1-33-16-6-7-21(33)18-30-15-5-9-24(28(36)37)32-27(35)20-13-11-19(12-14-20)22(29)17-26-31-23-8-3-4-10-25(23)34(26)2;12-8-10-6-3-5-9-4-1-2-7-11(9)10/h3-4,6-8,10-14,16,22,24,30H,5,9,15,17-18,29H2,1-2H3,(H,32,35)(H,36,37);1-7H,8,12H2. The Morgan fingerprint density at radius 1 is 0.898 bits per heavy atom. The number of carboxylic acid groups (broad SMARTS) is 1. The van der Waals surface area contributed by atoms with Crippen molar-refractivity contribution in [3.05, 3.63) is 138 Å². The number of aliphatic carboxylic acids is 1. The Morgan fingerprint density at radius 3 is 2.35 bits per heavy atom. The lowest BCUT2D eigenvalue weighted by Gasteiger charge is -2.16. The average molecular weight is 660 g/mol. The highest BCUT2D eigenvalue weighted by Gasteiger charge is 2.21. The van der Waals surface area contributed by atoms with Gasteiger partial charge in [-0.1, -0.05) is 66.7 Å². The van der Waals surface area contributed by atoms with Crippen LogP contribution < -0.4 is 22.1 Å². The van der Waals surface area contributed by atoms with Gasteiger partial charge in [-0.05, 0) is 77.7 Å². The number of benzene rings is 4. The molecule has 6 rings (SSSR count). The number of imidazole rings is 1. The van der Waals surface area contributed by atoms with Crippen LogP contribution in [0.2, 0.25) is 0 Å². The van der Waals surface area contributed by atoms with Crippen molar-refractivity contribution in [2.75, 3.05) is 6.54 Å². The molecule has 0 aliphatic rings. The first-order valence-electron chi connectivity index (χ1n) is 16.5. The molecule has 10 heteroatoms. The molecular formula is C39H45N7O3. The molecule has 1 amide bonds. The van der Waals surface area contributed by atoms with E-state index < -0.39 is 17.9 Å². The summed E-state index contributed by atoms with van der Waals surface area (Å²) < 4.78 is 4.08. The van der Waals surface area contributed by atoms with Gasteiger partial charge in [0.15, 0.2) is 0 Å². The number of aromatic nitrogens is 3. The lowest BCUT2D eigenvalue weighted by atomic mass is 10.0. The maximum atomic E-state index is 12.7. The van der Waals surface area contributed by atoms with Crippen molar-refractivity contribution in [2.24, 2.45) is 25.6 Å². The lowest BCUT2D eigenvalue weighted by Crippen LogP contribution is -2.41. The summed E-state index contributed by atoms with van der Waals surface area (Å²) in [5.41, 5.74) is 17.7. The number of nitrogens with two attached hydrogens (primary N) is 2. The number of hydrogen-bond donors (Lipinski definition) is 5. The predicted octanol–water partition coefficient (Wildman–Crippen LogP) is 5.21. The molecule has 2 atom stereocenters. The number of carbonyl (C=O) groups is 2. The number of fused-ring (bicyclic) bond motifs is 2. The van der Waals surface area contributed by atoms with Gasteiger partial charge in [0, 0.05) is 57.1 Å². The quantitative estimate of drug-likeness (QED) is 0.107. The van der Waals surface area contributed by atoms with E-state index in [1.54, 1.807) is 12.1 Å². The molecule has 10 nitrogen and oxygen atoms in total. The molecule has 0 aliphatic carbocycles. The zero-order chi connectivity index (χ0) is 34.8. The highest BCUT2D eigenvalue weighted by Crippen LogP contribution is 2.21. The first-order valence-corrected chi connectivity index (χ1v) is 16.5. The predicted molar refractivity (Wildman–Crippen MR) is 195 cm³/mol. The van der Waals surface area contributed by atoms with Crippen LogP contribution in [0.25, 0.3) is 21.8 Å². The Kier molecular flexibility index (Phi) is 11.9. The first-order chi connectivity index (χ1) is 23.7. The maximum Gasteiger partial charge on any atom is 0.326 e. The van der Waals surface area contributed by atoms with Crippen molar-refractivity contribution in [3.63, 3.8) is 0 Å². The van der Waals surface area contributed by atoms with Gasteiger partial charge in [-0.3, -0.25) is 4.79 Å². The van der Waals surface area contributed by atoms with E-state index in [9.17, 15) is 14.7 Å². The number of nitrogens with one attached hydrogen (secondary N) is 2. The van der Waals surface area contributed by atoms with Crippen LogP contribution in [-0.2, 0) is 38.4 Å². The van der Waals surface area contributed by atoms with E-state index in [1.807, 2.05) is 96.2 Å². The van der Waals surface area contributed by atoms with Crippen molar-refractivity contribution >= 4 is 33.7 Å². The molecule has 2 aromatic heterocycles. The largest absolute Gasteiger partial charge is 0.480 e. The summed E-state index contributed by atoms with van der Waals surface area (Å²) in [6.45, 7) is 1.98. The Balaban J connectivity index is 0.000000325. The summed E-state index contributed by atoms with van der Waals surface area (Å²) in [7, 11) is 3.96. The van der Waals surface area contributed by atoms with Gasteiger partial charge >= 0.3 is 5.97 Å². The van der Waals surface area contributed by atoms with Crippen LogP contribution in [0.1, 0.15) is 51.9 Å². The van der Waals surface area contributed by atoms with Crippen molar-refractivity contribution in [2.45, 2.75) is 44.4 Å². The molecule has 2 unspecified atom stereocenters. The van der Waals surface area contributed by atoms with Crippen LogP contribution >= 0.6 is 0 Å². The lowest BCUT2D eigenvalue weighted by molar-refractivity contribution is -0.139. The van der Waals surface area contributed by atoms with Crippen molar-refractivity contribution < 1.29 is 14.7 Å². The van der Waals surface area contributed by atoms with E-state index >= 15 is 0 Å². The summed E-state index contributed by atoms with van der Waals surface area (Å²) in [4.78, 5) is 29.1. The van der Waals surface area contributed by atoms with Gasteiger partial charge in [0.25, 0.3) is 5.91 Å². The summed E-state index contributed by atoms with van der Waals surface area (Å²) in [5.74, 6) is -0.575. The summed E-state index contributed by atoms with van der Waals surface area (Å²) in [6, 6.07) is 32.2. The summed E-state index contributed by atoms with van der Waals surface area (Å²) in [5, 5.41) is 18.1. The van der Waals surface area contributed by atoms with E-state index in [1.165, 1.54) is 16.3 Å². The normalized spacial score (nSPS) is 12.3. The SMILES string of the molecule is Cn1cccc1CNCCCC(NC(=O)c1ccc(C(N)Cc2nc3ccccc3n2C)cc1)C(=O)O.NCc1cccc2ccccc12. The molecule has 254 valence electrons. The fourth-order valence-electron chi connectivity index (χ4n) is 5.87. The molecule has 0 saturated carbocycles. The summed E-state index contributed by atoms with van der Waals surface area (Å²) in [6.07, 6.45) is 3.49. The number of rotatable bonds is 13. The molecule has 49 heavy (non-hydrogen) atoms. The third-order valence-electron chi connectivity index (χ3n) is 8.79. The van der Waals surface area contributed by atoms with Gasteiger partial charge in [0.1, 0.15) is 11.9 Å². The van der Waals surface area contributed by atoms with Crippen LogP contribution in [0.15, 0.2) is 109 Å². The number of carbonyl (C=O) groups excluding carboxylic acids is 1. The minimum Gasteiger partial charge on any atom is -0.480 e. The van der Waals surface area contributed by atoms with Crippen molar-refractivity contribution in [3.8, 4) is 0 Å². The highest BCUT2D eigenvalue weighted by molar-refractivity contribution is 5.96. The molecule has 0 saturated heterocycles. The first kappa shape index (κ1) is 35.0. The average Bonchev–Trinajstić information content (AvgIpc) is 3.68. The third-order valence-corrected chi connectivity index (χ3v) is 8.79. The van der Waals surface area contributed by atoms with Crippen LogP contribution in [0.5, 0.6) is 0 Å². The molecule has 6 aromatic rings. The fraction of sp³-hybridized carbons (Fsp3) is 0.256. The van der Waals surface area contributed by atoms with Crippen LogP contribution in [0, 0.1) is 0 Å². The zero-order valence-electron chi connectivity index (χ0n) is 28.0. The van der Waals surface area contributed by atoms with E-state index in [0.717, 1.165) is 28.1 Å². The minimum atomic E-state index is -1.04. The van der Waals surface area contributed by atoms with Crippen molar-refractivity contribution in [1.82, 2.24) is 24.8 Å². The minimum absolute atomic E-state index is 0.289.